The van der Waals surface area contributed by atoms with Crippen LogP contribution in [0.2, 0.25) is 0 Å². The van der Waals surface area contributed by atoms with Crippen molar-refractivity contribution < 1.29 is 9.59 Å². The summed E-state index contributed by atoms with van der Waals surface area (Å²) in [7, 11) is 1.64. The predicted molar refractivity (Wildman–Crippen MR) is 76.0 cm³/mol. The number of hydrogen-bond acceptors (Lipinski definition) is 2. The largest absolute Gasteiger partial charge is 0.350 e. The minimum Gasteiger partial charge on any atom is -0.350 e. The van der Waals surface area contributed by atoms with Gasteiger partial charge in [0.15, 0.2) is 0 Å². The average Bonchev–Trinajstić information content (AvgIpc) is 2.26. The maximum absolute atomic E-state index is 12.2. The van der Waals surface area contributed by atoms with Crippen LogP contribution in [0.25, 0.3) is 0 Å². The fourth-order valence-corrected chi connectivity index (χ4v) is 1.76. The van der Waals surface area contributed by atoms with E-state index in [0.717, 1.165) is 5.56 Å². The minimum absolute atomic E-state index is 0.0600. The number of nitrogens with one attached hydrogen (secondary N) is 1. The zero-order valence-electron chi connectivity index (χ0n) is 12.3. The zero-order chi connectivity index (χ0) is 14.6. The minimum atomic E-state index is -0.288. The van der Waals surface area contributed by atoms with Crippen LogP contribution in [0.5, 0.6) is 0 Å². The van der Waals surface area contributed by atoms with Crippen molar-refractivity contribution in [2.45, 2.75) is 33.2 Å². The molecule has 19 heavy (non-hydrogen) atoms. The molecule has 1 aromatic rings. The van der Waals surface area contributed by atoms with Gasteiger partial charge in [-0.15, -0.1) is 0 Å². The summed E-state index contributed by atoms with van der Waals surface area (Å²) in [6.45, 7) is 7.68. The van der Waals surface area contributed by atoms with Crippen LogP contribution in [0.15, 0.2) is 24.3 Å². The van der Waals surface area contributed by atoms with E-state index >= 15 is 0 Å². The smallest absolute Gasteiger partial charge is 0.254 e. The molecular formula is C15H22N2O2. The van der Waals surface area contributed by atoms with Crippen molar-refractivity contribution in [3.63, 3.8) is 0 Å². The standard InChI is InChI=1S/C15H22N2O2/c1-11-8-6-7-9-12(11)14(19)17(5)10-13(18)16-15(2,3)4/h6-9H,10H2,1-5H3,(H,16,18). The van der Waals surface area contributed by atoms with Crippen molar-refractivity contribution in [1.29, 1.82) is 0 Å². The van der Waals surface area contributed by atoms with Crippen molar-refractivity contribution in [2.75, 3.05) is 13.6 Å². The van der Waals surface area contributed by atoms with E-state index < -0.39 is 0 Å². The Labute approximate surface area is 114 Å². The maximum Gasteiger partial charge on any atom is 0.254 e. The molecule has 1 N–H and O–H groups in total. The third-order valence-corrected chi connectivity index (χ3v) is 2.62. The number of benzene rings is 1. The molecule has 0 aliphatic carbocycles. The molecule has 0 fully saturated rings. The maximum atomic E-state index is 12.2. The molecule has 104 valence electrons. The van der Waals surface area contributed by atoms with Crippen LogP contribution in [0.1, 0.15) is 36.7 Å². The molecule has 0 saturated heterocycles. The SMILES string of the molecule is Cc1ccccc1C(=O)N(C)CC(=O)NC(C)(C)C. The Morgan fingerprint density at radius 3 is 2.32 bits per heavy atom. The first kappa shape index (κ1) is 15.2. The quantitative estimate of drug-likeness (QED) is 0.905. The van der Waals surface area contributed by atoms with E-state index in [2.05, 4.69) is 5.32 Å². The summed E-state index contributed by atoms with van der Waals surface area (Å²) in [5, 5.41) is 2.84. The highest BCUT2D eigenvalue weighted by Crippen LogP contribution is 2.09. The topological polar surface area (TPSA) is 49.4 Å². The molecule has 2 amide bonds. The molecule has 0 saturated carbocycles. The molecule has 4 heteroatoms. The van der Waals surface area contributed by atoms with Gasteiger partial charge >= 0.3 is 0 Å². The Balaban J connectivity index is 2.69. The first-order valence-corrected chi connectivity index (χ1v) is 6.33. The van der Waals surface area contributed by atoms with Gasteiger partial charge in [0.1, 0.15) is 0 Å². The molecule has 1 rings (SSSR count). The lowest BCUT2D eigenvalue weighted by Crippen LogP contribution is -2.46. The van der Waals surface area contributed by atoms with E-state index in [0.29, 0.717) is 5.56 Å². The molecular weight excluding hydrogens is 240 g/mol. The first-order chi connectivity index (χ1) is 8.70. The summed E-state index contributed by atoms with van der Waals surface area (Å²) in [5.74, 6) is -0.293. The van der Waals surface area contributed by atoms with Crippen molar-refractivity contribution in [3.8, 4) is 0 Å². The van der Waals surface area contributed by atoms with Gasteiger partial charge in [0.25, 0.3) is 5.91 Å². The van der Waals surface area contributed by atoms with Crippen LogP contribution >= 0.6 is 0 Å². The van der Waals surface area contributed by atoms with Gasteiger partial charge in [-0.1, -0.05) is 18.2 Å². The highest BCUT2D eigenvalue weighted by Gasteiger charge is 2.19. The fourth-order valence-electron chi connectivity index (χ4n) is 1.76. The van der Waals surface area contributed by atoms with Crippen molar-refractivity contribution in [1.82, 2.24) is 10.2 Å². The summed E-state index contributed by atoms with van der Waals surface area (Å²) in [6.07, 6.45) is 0. The van der Waals surface area contributed by atoms with Crippen molar-refractivity contribution in [3.05, 3.63) is 35.4 Å². The summed E-state index contributed by atoms with van der Waals surface area (Å²) in [4.78, 5) is 25.4. The summed E-state index contributed by atoms with van der Waals surface area (Å²) in [5.41, 5.74) is 1.26. The highest BCUT2D eigenvalue weighted by molar-refractivity contribution is 5.97. The molecule has 0 radical (unpaired) electrons. The molecule has 1 aromatic carbocycles. The summed E-state index contributed by atoms with van der Waals surface area (Å²) in [6, 6.07) is 7.37. The molecule has 0 aliphatic heterocycles. The first-order valence-electron chi connectivity index (χ1n) is 6.33. The summed E-state index contributed by atoms with van der Waals surface area (Å²) >= 11 is 0. The van der Waals surface area contributed by atoms with E-state index in [4.69, 9.17) is 0 Å². The Hall–Kier alpha value is -1.84. The lowest BCUT2D eigenvalue weighted by atomic mass is 10.1. The Morgan fingerprint density at radius 2 is 1.79 bits per heavy atom. The van der Waals surface area contributed by atoms with E-state index in [1.807, 2.05) is 45.9 Å². The molecule has 0 spiro atoms. The second kappa shape index (κ2) is 5.87. The number of amides is 2. The van der Waals surface area contributed by atoms with Crippen LogP contribution < -0.4 is 5.32 Å². The molecule has 0 heterocycles. The van der Waals surface area contributed by atoms with Gasteiger partial charge < -0.3 is 10.2 Å². The lowest BCUT2D eigenvalue weighted by molar-refractivity contribution is -0.122. The molecule has 0 bridgehead atoms. The third-order valence-electron chi connectivity index (χ3n) is 2.62. The van der Waals surface area contributed by atoms with E-state index in [9.17, 15) is 9.59 Å². The molecule has 0 atom stereocenters. The van der Waals surface area contributed by atoms with E-state index in [-0.39, 0.29) is 23.9 Å². The van der Waals surface area contributed by atoms with Crippen LogP contribution in [-0.4, -0.2) is 35.8 Å². The van der Waals surface area contributed by atoms with Crippen molar-refractivity contribution >= 4 is 11.8 Å². The number of rotatable bonds is 3. The van der Waals surface area contributed by atoms with Crippen LogP contribution in [0.4, 0.5) is 0 Å². The highest BCUT2D eigenvalue weighted by atomic mass is 16.2. The van der Waals surface area contributed by atoms with Gasteiger partial charge in [0, 0.05) is 18.2 Å². The summed E-state index contributed by atoms with van der Waals surface area (Å²) < 4.78 is 0. The van der Waals surface area contributed by atoms with Gasteiger partial charge in [-0.05, 0) is 39.3 Å². The van der Waals surface area contributed by atoms with Crippen LogP contribution in [0.3, 0.4) is 0 Å². The number of carbonyl (C=O) groups is 2. The van der Waals surface area contributed by atoms with Crippen LogP contribution in [0, 0.1) is 6.92 Å². The van der Waals surface area contributed by atoms with Gasteiger partial charge in [0.05, 0.1) is 6.54 Å². The molecule has 4 nitrogen and oxygen atoms in total. The monoisotopic (exact) mass is 262 g/mol. The molecule has 0 aromatic heterocycles. The third kappa shape index (κ3) is 4.73. The Morgan fingerprint density at radius 1 is 1.21 bits per heavy atom. The number of nitrogens with zero attached hydrogens (tertiary/aromatic N) is 1. The fraction of sp³-hybridized carbons (Fsp3) is 0.467. The second-order valence-corrected chi connectivity index (χ2v) is 5.77. The normalized spacial score (nSPS) is 11.0. The average molecular weight is 262 g/mol. The van der Waals surface area contributed by atoms with Gasteiger partial charge in [-0.25, -0.2) is 0 Å². The van der Waals surface area contributed by atoms with Gasteiger partial charge in [-0.3, -0.25) is 9.59 Å². The Kier molecular flexibility index (Phi) is 4.70. The predicted octanol–water partition coefficient (Wildman–Crippen LogP) is 1.98. The zero-order valence-corrected chi connectivity index (χ0v) is 12.3. The number of carbonyl (C=O) groups excluding carboxylic acids is 2. The second-order valence-electron chi connectivity index (χ2n) is 5.77. The lowest BCUT2D eigenvalue weighted by Gasteiger charge is -2.23. The number of hydrogen-bond donors (Lipinski definition) is 1. The number of aryl methyl sites for hydroxylation is 1. The van der Waals surface area contributed by atoms with Crippen molar-refractivity contribution in [2.24, 2.45) is 0 Å². The molecule has 0 unspecified atom stereocenters. The van der Waals surface area contributed by atoms with E-state index in [1.165, 1.54) is 4.90 Å². The Bertz CT molecular complexity index is 475. The van der Waals surface area contributed by atoms with E-state index in [1.54, 1.807) is 13.1 Å². The van der Waals surface area contributed by atoms with Crippen LogP contribution in [-0.2, 0) is 4.79 Å². The van der Waals surface area contributed by atoms with Gasteiger partial charge in [0.2, 0.25) is 5.91 Å². The van der Waals surface area contributed by atoms with Gasteiger partial charge in [-0.2, -0.15) is 0 Å². The number of likely N-dealkylation sites (N-methyl/N-ethyl adjacent to an activating group) is 1. The molecule has 0 aliphatic rings.